The lowest BCUT2D eigenvalue weighted by atomic mass is 10.5. The zero-order chi connectivity index (χ0) is 13.5. The normalized spacial score (nSPS) is 10.0. The predicted octanol–water partition coefficient (Wildman–Crippen LogP) is 1.24. The van der Waals surface area contributed by atoms with Crippen LogP contribution in [0.15, 0.2) is 18.5 Å². The van der Waals surface area contributed by atoms with Crippen molar-refractivity contribution in [3.8, 4) is 6.01 Å². The second kappa shape index (κ2) is 6.43. The highest BCUT2D eigenvalue weighted by molar-refractivity contribution is 5.45. The van der Waals surface area contributed by atoms with Crippen molar-refractivity contribution in [1.82, 2.24) is 24.9 Å². The first-order chi connectivity index (χ1) is 9.31. The van der Waals surface area contributed by atoms with Crippen molar-refractivity contribution < 1.29 is 4.74 Å². The first-order valence-corrected chi connectivity index (χ1v) is 5.89. The molecule has 2 heterocycles. The zero-order valence-electron chi connectivity index (χ0n) is 10.8. The average molecular weight is 261 g/mol. The Morgan fingerprint density at radius 1 is 1.05 bits per heavy atom. The van der Waals surface area contributed by atoms with Gasteiger partial charge in [0.1, 0.15) is 0 Å². The molecule has 0 saturated heterocycles. The van der Waals surface area contributed by atoms with E-state index in [9.17, 15) is 0 Å². The number of hydrogen-bond acceptors (Lipinski definition) is 8. The molecule has 0 aromatic carbocycles. The molecule has 0 aliphatic heterocycles. The second-order valence-electron chi connectivity index (χ2n) is 3.59. The minimum atomic E-state index is 0.229. The number of hydrogen-bond donors (Lipinski definition) is 2. The molecule has 8 heteroatoms. The van der Waals surface area contributed by atoms with Gasteiger partial charge in [0.15, 0.2) is 0 Å². The van der Waals surface area contributed by atoms with Crippen molar-refractivity contribution in [1.29, 1.82) is 0 Å². The van der Waals surface area contributed by atoms with E-state index in [1.54, 1.807) is 18.5 Å². The maximum absolute atomic E-state index is 5.03. The minimum absolute atomic E-state index is 0.229. The van der Waals surface area contributed by atoms with E-state index < -0.39 is 0 Å². The molecular weight excluding hydrogens is 246 g/mol. The summed E-state index contributed by atoms with van der Waals surface area (Å²) < 4.78 is 5.03. The van der Waals surface area contributed by atoms with Gasteiger partial charge in [-0.1, -0.05) is 6.92 Å². The first kappa shape index (κ1) is 12.9. The summed E-state index contributed by atoms with van der Waals surface area (Å²) in [7, 11) is 1.50. The highest BCUT2D eigenvalue weighted by Crippen LogP contribution is 2.13. The van der Waals surface area contributed by atoms with Crippen LogP contribution in [0.4, 0.5) is 17.8 Å². The molecule has 2 N–H and O–H groups in total. The monoisotopic (exact) mass is 261 g/mol. The minimum Gasteiger partial charge on any atom is -0.467 e. The SMILES string of the molecule is CCCNc1nc(Nc2ncccn2)nc(OC)n1. The van der Waals surface area contributed by atoms with Crippen molar-refractivity contribution in [2.24, 2.45) is 0 Å². The molecule has 100 valence electrons. The van der Waals surface area contributed by atoms with Crippen LogP contribution in [-0.4, -0.2) is 38.6 Å². The highest BCUT2D eigenvalue weighted by atomic mass is 16.5. The van der Waals surface area contributed by atoms with Crippen LogP contribution in [0.1, 0.15) is 13.3 Å². The van der Waals surface area contributed by atoms with Crippen LogP contribution in [0.25, 0.3) is 0 Å². The van der Waals surface area contributed by atoms with E-state index in [2.05, 4.69) is 42.5 Å². The molecule has 8 nitrogen and oxygen atoms in total. The molecule has 0 saturated carbocycles. The molecule has 0 amide bonds. The van der Waals surface area contributed by atoms with Crippen molar-refractivity contribution in [3.05, 3.63) is 18.5 Å². The summed E-state index contributed by atoms with van der Waals surface area (Å²) in [5, 5.41) is 5.96. The van der Waals surface area contributed by atoms with Gasteiger partial charge in [-0.2, -0.15) is 15.0 Å². The van der Waals surface area contributed by atoms with Crippen LogP contribution < -0.4 is 15.4 Å². The van der Waals surface area contributed by atoms with Gasteiger partial charge >= 0.3 is 6.01 Å². The van der Waals surface area contributed by atoms with Gasteiger partial charge in [-0.05, 0) is 12.5 Å². The van der Waals surface area contributed by atoms with Gasteiger partial charge in [0.05, 0.1) is 7.11 Å². The lowest BCUT2D eigenvalue weighted by Gasteiger charge is -2.07. The Kier molecular flexibility index (Phi) is 4.38. The molecule has 2 rings (SSSR count). The molecule has 2 aromatic heterocycles. The molecule has 0 radical (unpaired) electrons. The van der Waals surface area contributed by atoms with E-state index in [-0.39, 0.29) is 6.01 Å². The first-order valence-electron chi connectivity index (χ1n) is 5.89. The van der Waals surface area contributed by atoms with Gasteiger partial charge in [0, 0.05) is 18.9 Å². The Bertz CT molecular complexity index is 520. The number of methoxy groups -OCH3 is 1. The standard InChI is InChI=1S/C11H15N7O/c1-3-5-12-9-16-10(18-11(17-9)19-2)15-8-13-6-4-7-14-8/h4,6-7H,3,5H2,1-2H3,(H2,12,13,14,15,16,17,18). The predicted molar refractivity (Wildman–Crippen MR) is 70.5 cm³/mol. The smallest absolute Gasteiger partial charge is 0.322 e. The Morgan fingerprint density at radius 3 is 2.47 bits per heavy atom. The number of rotatable bonds is 6. The summed E-state index contributed by atoms with van der Waals surface area (Å²) in [6, 6.07) is 1.96. The van der Waals surface area contributed by atoms with E-state index in [0.29, 0.717) is 17.8 Å². The lowest BCUT2D eigenvalue weighted by molar-refractivity contribution is 0.379. The van der Waals surface area contributed by atoms with E-state index in [0.717, 1.165) is 13.0 Å². The molecule has 0 atom stereocenters. The topological polar surface area (TPSA) is 97.7 Å². The van der Waals surface area contributed by atoms with Gasteiger partial charge in [0.25, 0.3) is 0 Å². The largest absolute Gasteiger partial charge is 0.467 e. The number of nitrogens with one attached hydrogen (secondary N) is 2. The van der Waals surface area contributed by atoms with Crippen molar-refractivity contribution in [2.45, 2.75) is 13.3 Å². The van der Waals surface area contributed by atoms with Crippen molar-refractivity contribution >= 4 is 17.8 Å². The maximum Gasteiger partial charge on any atom is 0.322 e. The number of ether oxygens (including phenoxy) is 1. The molecular formula is C11H15N7O. The average Bonchev–Trinajstić information content (AvgIpc) is 2.46. The van der Waals surface area contributed by atoms with E-state index >= 15 is 0 Å². The van der Waals surface area contributed by atoms with Crippen molar-refractivity contribution in [3.63, 3.8) is 0 Å². The number of nitrogens with zero attached hydrogens (tertiary/aromatic N) is 5. The van der Waals surface area contributed by atoms with Crippen LogP contribution in [0, 0.1) is 0 Å². The van der Waals surface area contributed by atoms with E-state index in [4.69, 9.17) is 4.74 Å². The highest BCUT2D eigenvalue weighted by Gasteiger charge is 2.07. The van der Waals surface area contributed by atoms with Gasteiger partial charge in [0.2, 0.25) is 17.8 Å². The van der Waals surface area contributed by atoms with Gasteiger partial charge < -0.3 is 10.1 Å². The van der Waals surface area contributed by atoms with E-state index in [1.165, 1.54) is 7.11 Å². The maximum atomic E-state index is 5.03. The molecule has 0 aliphatic carbocycles. The Labute approximate surface area is 110 Å². The quantitative estimate of drug-likeness (QED) is 0.801. The van der Waals surface area contributed by atoms with Gasteiger partial charge in [-0.3, -0.25) is 5.32 Å². The Morgan fingerprint density at radius 2 is 1.79 bits per heavy atom. The van der Waals surface area contributed by atoms with E-state index in [1.807, 2.05) is 0 Å². The second-order valence-corrected chi connectivity index (χ2v) is 3.59. The summed E-state index contributed by atoms with van der Waals surface area (Å²) in [6.45, 7) is 2.83. The zero-order valence-corrected chi connectivity index (χ0v) is 10.8. The third-order valence-corrected chi connectivity index (χ3v) is 2.12. The van der Waals surface area contributed by atoms with Crippen LogP contribution in [-0.2, 0) is 0 Å². The fraction of sp³-hybridized carbons (Fsp3) is 0.364. The Balaban J connectivity index is 2.19. The molecule has 0 spiro atoms. The summed E-state index contributed by atoms with van der Waals surface area (Å²) in [6.07, 6.45) is 4.23. The van der Waals surface area contributed by atoms with Crippen LogP contribution in [0.5, 0.6) is 6.01 Å². The fourth-order valence-corrected chi connectivity index (χ4v) is 1.28. The molecule has 0 aliphatic rings. The molecule has 2 aromatic rings. The summed E-state index contributed by atoms with van der Waals surface area (Å²) in [5.74, 6) is 1.20. The lowest BCUT2D eigenvalue weighted by Crippen LogP contribution is -2.09. The summed E-state index contributed by atoms with van der Waals surface area (Å²) in [4.78, 5) is 20.5. The third kappa shape index (κ3) is 3.73. The molecule has 0 bridgehead atoms. The van der Waals surface area contributed by atoms with Crippen LogP contribution in [0.3, 0.4) is 0 Å². The Hall–Kier alpha value is -2.51. The fourth-order valence-electron chi connectivity index (χ4n) is 1.28. The summed E-state index contributed by atoms with van der Waals surface area (Å²) in [5.41, 5.74) is 0. The number of anilines is 3. The molecule has 0 unspecified atom stereocenters. The van der Waals surface area contributed by atoms with Crippen LogP contribution in [0.2, 0.25) is 0 Å². The van der Waals surface area contributed by atoms with Crippen molar-refractivity contribution in [2.75, 3.05) is 24.3 Å². The van der Waals surface area contributed by atoms with Crippen LogP contribution >= 0.6 is 0 Å². The van der Waals surface area contributed by atoms with Gasteiger partial charge in [-0.15, -0.1) is 0 Å². The third-order valence-electron chi connectivity index (χ3n) is 2.12. The summed E-state index contributed by atoms with van der Waals surface area (Å²) >= 11 is 0. The molecule has 19 heavy (non-hydrogen) atoms. The van der Waals surface area contributed by atoms with Gasteiger partial charge in [-0.25, -0.2) is 9.97 Å². The molecule has 0 fully saturated rings. The number of aromatic nitrogens is 5.